The van der Waals surface area contributed by atoms with E-state index in [1.54, 1.807) is 4.90 Å². The standard InChI is InChI=1S/C25H24N2O4S/c1-14-9-17-15(2)12-24(3,4)27-22(17)18(10-14)25(23(27)29)26(21(28)13-32-25)16-5-6-19-20(11-16)31-8-7-30-19/h5-6,9-12H,7-8,13H2,1-4H3/t25-/m1/s1. The van der Waals surface area contributed by atoms with Crippen LogP contribution in [0.3, 0.4) is 0 Å². The van der Waals surface area contributed by atoms with Gasteiger partial charge in [-0.2, -0.15) is 0 Å². The van der Waals surface area contributed by atoms with E-state index in [-0.39, 0.29) is 17.6 Å². The quantitative estimate of drug-likeness (QED) is 0.653. The van der Waals surface area contributed by atoms with Gasteiger partial charge in [-0.25, -0.2) is 0 Å². The topological polar surface area (TPSA) is 59.1 Å². The zero-order valence-electron chi connectivity index (χ0n) is 18.5. The Bertz CT molecular complexity index is 1250. The lowest BCUT2D eigenvalue weighted by Gasteiger charge is -2.40. The first kappa shape index (κ1) is 19.7. The van der Waals surface area contributed by atoms with Crippen molar-refractivity contribution in [2.45, 2.75) is 38.1 Å². The second-order valence-corrected chi connectivity index (χ2v) is 10.5. The normalized spacial score (nSPS) is 24.8. The van der Waals surface area contributed by atoms with Gasteiger partial charge in [-0.1, -0.05) is 12.1 Å². The monoisotopic (exact) mass is 448 g/mol. The van der Waals surface area contributed by atoms with E-state index in [1.165, 1.54) is 11.8 Å². The molecule has 4 aliphatic heterocycles. The molecule has 32 heavy (non-hydrogen) atoms. The number of ether oxygens (including phenoxy) is 2. The lowest BCUT2D eigenvalue weighted by Crippen LogP contribution is -2.54. The SMILES string of the molecule is CC1=CC(C)(C)N2C(=O)[C@]3(SCC(=O)N3c3ccc4c(c3)OCCO4)c3cc(C)cc1c32. The molecule has 6 rings (SSSR count). The van der Waals surface area contributed by atoms with E-state index < -0.39 is 10.4 Å². The highest BCUT2D eigenvalue weighted by Gasteiger charge is 2.64. The third-order valence-electron chi connectivity index (χ3n) is 6.66. The Labute approximate surface area is 191 Å². The van der Waals surface area contributed by atoms with Gasteiger partial charge in [0.05, 0.1) is 17.0 Å². The minimum absolute atomic E-state index is 0.0705. The van der Waals surface area contributed by atoms with E-state index in [0.717, 1.165) is 28.0 Å². The molecule has 2 aromatic rings. The summed E-state index contributed by atoms with van der Waals surface area (Å²) in [4.78, 5) is 30.0. The van der Waals surface area contributed by atoms with Crippen LogP contribution in [0.2, 0.25) is 0 Å². The molecular formula is C25H24N2O4S. The van der Waals surface area contributed by atoms with Crippen LogP contribution in [0.4, 0.5) is 11.4 Å². The van der Waals surface area contributed by atoms with Crippen LogP contribution in [-0.2, 0) is 14.5 Å². The summed E-state index contributed by atoms with van der Waals surface area (Å²) < 4.78 is 11.4. The lowest BCUT2D eigenvalue weighted by molar-refractivity contribution is -0.124. The van der Waals surface area contributed by atoms with Crippen LogP contribution in [0.15, 0.2) is 36.4 Å². The number of allylic oxidation sites excluding steroid dienone is 1. The summed E-state index contributed by atoms with van der Waals surface area (Å²) in [5.41, 5.74) is 5.26. The predicted molar refractivity (Wildman–Crippen MR) is 125 cm³/mol. The van der Waals surface area contributed by atoms with Crippen molar-refractivity contribution in [2.24, 2.45) is 0 Å². The Balaban J connectivity index is 1.60. The van der Waals surface area contributed by atoms with Gasteiger partial charge in [0.25, 0.3) is 5.91 Å². The minimum atomic E-state index is -1.13. The molecule has 1 fully saturated rings. The van der Waals surface area contributed by atoms with Crippen LogP contribution in [0.25, 0.3) is 5.57 Å². The molecule has 0 aliphatic carbocycles. The molecule has 6 nitrogen and oxygen atoms in total. The molecular weight excluding hydrogens is 424 g/mol. The summed E-state index contributed by atoms with van der Waals surface area (Å²) in [5, 5.41) is 0. The molecule has 0 aromatic heterocycles. The van der Waals surface area contributed by atoms with Crippen molar-refractivity contribution in [3.8, 4) is 11.5 Å². The van der Waals surface area contributed by atoms with E-state index in [2.05, 4.69) is 39.0 Å². The van der Waals surface area contributed by atoms with Gasteiger partial charge in [0.1, 0.15) is 13.2 Å². The number of benzene rings is 2. The summed E-state index contributed by atoms with van der Waals surface area (Å²) in [6.07, 6.45) is 2.14. The summed E-state index contributed by atoms with van der Waals surface area (Å²) in [6, 6.07) is 9.69. The zero-order valence-corrected chi connectivity index (χ0v) is 19.3. The number of carbonyl (C=O) groups is 2. The number of nitrogens with zero attached hydrogens (tertiary/aromatic N) is 2. The van der Waals surface area contributed by atoms with Gasteiger partial charge in [-0.05, 0) is 57.0 Å². The van der Waals surface area contributed by atoms with Crippen LogP contribution in [0.5, 0.6) is 11.5 Å². The maximum absolute atomic E-state index is 14.3. The van der Waals surface area contributed by atoms with Crippen LogP contribution in [-0.4, -0.2) is 36.3 Å². The van der Waals surface area contributed by atoms with Crippen molar-refractivity contribution in [3.63, 3.8) is 0 Å². The highest BCUT2D eigenvalue weighted by atomic mass is 32.2. The highest BCUT2D eigenvalue weighted by Crippen LogP contribution is 2.60. The highest BCUT2D eigenvalue weighted by molar-refractivity contribution is 8.02. The molecule has 7 heteroatoms. The predicted octanol–water partition coefficient (Wildman–Crippen LogP) is 4.24. The first-order valence-electron chi connectivity index (χ1n) is 10.8. The first-order valence-corrected chi connectivity index (χ1v) is 11.8. The molecule has 2 aromatic carbocycles. The summed E-state index contributed by atoms with van der Waals surface area (Å²) >= 11 is 1.41. The summed E-state index contributed by atoms with van der Waals surface area (Å²) in [6.45, 7) is 9.20. The van der Waals surface area contributed by atoms with E-state index in [1.807, 2.05) is 30.0 Å². The molecule has 1 atom stereocenters. The number of hydrogen-bond acceptors (Lipinski definition) is 5. The van der Waals surface area contributed by atoms with Crippen molar-refractivity contribution in [1.29, 1.82) is 0 Å². The molecule has 0 N–H and O–H groups in total. The van der Waals surface area contributed by atoms with E-state index in [4.69, 9.17) is 9.47 Å². The maximum Gasteiger partial charge on any atom is 0.269 e. The summed E-state index contributed by atoms with van der Waals surface area (Å²) in [5.74, 6) is 1.34. The van der Waals surface area contributed by atoms with Gasteiger partial charge in [-0.3, -0.25) is 19.4 Å². The molecule has 0 radical (unpaired) electrons. The van der Waals surface area contributed by atoms with Crippen molar-refractivity contribution in [3.05, 3.63) is 53.1 Å². The third-order valence-corrected chi connectivity index (χ3v) is 8.05. The van der Waals surface area contributed by atoms with Crippen LogP contribution in [0, 0.1) is 6.92 Å². The van der Waals surface area contributed by atoms with Gasteiger partial charge in [0, 0.05) is 22.9 Å². The molecule has 164 valence electrons. The fourth-order valence-corrected chi connectivity index (χ4v) is 6.82. The van der Waals surface area contributed by atoms with E-state index >= 15 is 0 Å². The fourth-order valence-electron chi connectivity index (χ4n) is 5.49. The van der Waals surface area contributed by atoms with Crippen LogP contribution in [0.1, 0.15) is 37.5 Å². The van der Waals surface area contributed by atoms with Gasteiger partial charge in [0.2, 0.25) is 10.8 Å². The average molecular weight is 449 g/mol. The zero-order chi connectivity index (χ0) is 22.4. The molecule has 2 amide bonds. The van der Waals surface area contributed by atoms with Crippen LogP contribution >= 0.6 is 11.8 Å². The number of aryl methyl sites for hydroxylation is 1. The largest absolute Gasteiger partial charge is 0.486 e. The molecule has 1 spiro atoms. The first-order chi connectivity index (χ1) is 15.2. The van der Waals surface area contributed by atoms with Gasteiger partial charge >= 0.3 is 0 Å². The Morgan fingerprint density at radius 1 is 0.969 bits per heavy atom. The molecule has 1 saturated heterocycles. The van der Waals surface area contributed by atoms with Crippen molar-refractivity contribution < 1.29 is 19.1 Å². The Kier molecular flexibility index (Phi) is 3.89. The number of amides is 2. The Morgan fingerprint density at radius 3 is 2.50 bits per heavy atom. The second kappa shape index (κ2) is 6.32. The maximum atomic E-state index is 14.3. The van der Waals surface area contributed by atoms with Crippen molar-refractivity contribution in [1.82, 2.24) is 0 Å². The molecule has 0 bridgehead atoms. The van der Waals surface area contributed by atoms with Gasteiger partial charge in [-0.15, -0.1) is 11.8 Å². The van der Waals surface area contributed by atoms with Crippen LogP contribution < -0.4 is 19.3 Å². The molecule has 4 aliphatic rings. The number of anilines is 2. The fraction of sp³-hybridized carbons (Fsp3) is 0.360. The Morgan fingerprint density at radius 2 is 1.72 bits per heavy atom. The minimum Gasteiger partial charge on any atom is -0.486 e. The smallest absolute Gasteiger partial charge is 0.269 e. The van der Waals surface area contributed by atoms with Crippen molar-refractivity contribution >= 4 is 40.5 Å². The van der Waals surface area contributed by atoms with Gasteiger partial charge < -0.3 is 9.47 Å². The number of carbonyl (C=O) groups excluding carboxylic acids is 2. The Hall–Kier alpha value is -2.93. The van der Waals surface area contributed by atoms with E-state index in [0.29, 0.717) is 30.4 Å². The second-order valence-electron chi connectivity index (χ2n) is 9.32. The van der Waals surface area contributed by atoms with Crippen molar-refractivity contribution in [2.75, 3.05) is 28.8 Å². The molecule has 0 unspecified atom stereocenters. The lowest BCUT2D eigenvalue weighted by atomic mass is 9.88. The average Bonchev–Trinajstić information content (AvgIpc) is 3.22. The third kappa shape index (κ3) is 2.37. The molecule has 0 saturated carbocycles. The number of rotatable bonds is 1. The number of hydrogen-bond donors (Lipinski definition) is 0. The molecule has 4 heterocycles. The number of thioether (sulfide) groups is 1. The van der Waals surface area contributed by atoms with E-state index in [9.17, 15) is 9.59 Å². The van der Waals surface area contributed by atoms with Gasteiger partial charge in [0.15, 0.2) is 11.5 Å². The number of fused-ring (bicyclic) bond motifs is 2. The summed E-state index contributed by atoms with van der Waals surface area (Å²) in [7, 11) is 0.